The van der Waals surface area contributed by atoms with Gasteiger partial charge in [-0.15, -0.1) is 0 Å². The number of nitrogens with zero attached hydrogens (tertiary/aromatic N) is 3. The highest BCUT2D eigenvalue weighted by Crippen LogP contribution is 2.36. The molecule has 2 N–H and O–H groups in total. The number of benzene rings is 1. The Balaban J connectivity index is 1.77. The first-order valence-corrected chi connectivity index (χ1v) is 7.95. The zero-order chi connectivity index (χ0) is 15.6. The molecule has 5 nitrogen and oxygen atoms in total. The van der Waals surface area contributed by atoms with Crippen molar-refractivity contribution < 1.29 is 5.11 Å². The number of aliphatic hydroxyl groups is 1. The molecule has 1 aromatic heterocycles. The number of fused-ring (bicyclic) bond motifs is 1. The summed E-state index contributed by atoms with van der Waals surface area (Å²) in [4.78, 5) is 4.36. The van der Waals surface area contributed by atoms with Crippen LogP contribution in [-0.2, 0) is 25.0 Å². The number of hydrogen-bond acceptors (Lipinski definition) is 4. The first-order chi connectivity index (χ1) is 10.6. The Hall–Kier alpha value is -1.72. The molecule has 0 unspecified atom stereocenters. The molecule has 1 aliphatic carbocycles. The average Bonchev–Trinajstić information content (AvgIpc) is 3.10. The third-order valence-corrected chi connectivity index (χ3v) is 4.44. The molecule has 5 heteroatoms. The molecule has 2 aromatic rings. The number of rotatable bonds is 6. The van der Waals surface area contributed by atoms with Gasteiger partial charge in [0, 0.05) is 6.54 Å². The highest BCUT2D eigenvalue weighted by atomic mass is 16.3. The van der Waals surface area contributed by atoms with Gasteiger partial charge in [-0.25, -0.2) is 9.67 Å². The van der Waals surface area contributed by atoms with Crippen molar-refractivity contribution in [1.29, 1.82) is 0 Å². The molecule has 0 spiro atoms. The van der Waals surface area contributed by atoms with Crippen LogP contribution in [0, 0.1) is 5.92 Å². The molecule has 0 bridgehead atoms. The standard InChI is InChI=1S/C17H24N4O/c1-13(2)10-21-16(18-12-20-21)9-19-17(11-22)8-7-14-5-3-4-6-15(14)17/h3-6,12-13,19,22H,7-11H2,1-2H3/t17-/m0/s1. The van der Waals surface area contributed by atoms with Crippen molar-refractivity contribution in [3.63, 3.8) is 0 Å². The van der Waals surface area contributed by atoms with Crippen molar-refractivity contribution in [2.45, 2.75) is 45.3 Å². The molecule has 0 aliphatic heterocycles. The van der Waals surface area contributed by atoms with Crippen molar-refractivity contribution in [3.05, 3.63) is 47.5 Å². The maximum atomic E-state index is 10.0. The Morgan fingerprint density at radius 1 is 1.36 bits per heavy atom. The molecule has 0 fully saturated rings. The van der Waals surface area contributed by atoms with Crippen LogP contribution in [0.25, 0.3) is 0 Å². The van der Waals surface area contributed by atoms with Gasteiger partial charge in [0.05, 0.1) is 18.7 Å². The molecule has 1 aliphatic rings. The van der Waals surface area contributed by atoms with Gasteiger partial charge >= 0.3 is 0 Å². The highest BCUT2D eigenvalue weighted by molar-refractivity contribution is 5.38. The van der Waals surface area contributed by atoms with Crippen LogP contribution in [0.1, 0.15) is 37.2 Å². The average molecular weight is 300 g/mol. The molecule has 0 amide bonds. The highest BCUT2D eigenvalue weighted by Gasteiger charge is 2.37. The van der Waals surface area contributed by atoms with Gasteiger partial charge in [-0.05, 0) is 29.9 Å². The summed E-state index contributed by atoms with van der Waals surface area (Å²) in [5.74, 6) is 1.45. The van der Waals surface area contributed by atoms with Crippen LogP contribution in [0.2, 0.25) is 0 Å². The summed E-state index contributed by atoms with van der Waals surface area (Å²) in [5, 5.41) is 17.8. The van der Waals surface area contributed by atoms with Crippen LogP contribution in [-0.4, -0.2) is 26.5 Å². The Bertz CT molecular complexity index is 637. The van der Waals surface area contributed by atoms with E-state index >= 15 is 0 Å². The van der Waals surface area contributed by atoms with E-state index in [1.807, 2.05) is 10.7 Å². The van der Waals surface area contributed by atoms with E-state index < -0.39 is 0 Å². The van der Waals surface area contributed by atoms with Crippen molar-refractivity contribution >= 4 is 0 Å². The number of aryl methyl sites for hydroxylation is 1. The van der Waals surface area contributed by atoms with Gasteiger partial charge in [-0.2, -0.15) is 5.10 Å². The fourth-order valence-corrected chi connectivity index (χ4v) is 3.26. The minimum Gasteiger partial charge on any atom is -0.394 e. The van der Waals surface area contributed by atoms with Gasteiger partial charge in [0.15, 0.2) is 0 Å². The Morgan fingerprint density at radius 3 is 2.95 bits per heavy atom. The second kappa shape index (κ2) is 6.18. The molecule has 118 valence electrons. The second-order valence-corrected chi connectivity index (χ2v) is 6.50. The number of nitrogens with one attached hydrogen (secondary N) is 1. The van der Waals surface area contributed by atoms with Crippen LogP contribution in [0.15, 0.2) is 30.6 Å². The lowest BCUT2D eigenvalue weighted by atomic mass is 9.92. The van der Waals surface area contributed by atoms with Crippen molar-refractivity contribution in [1.82, 2.24) is 20.1 Å². The minimum atomic E-state index is -0.356. The molecule has 1 atom stereocenters. The van der Waals surface area contributed by atoms with E-state index in [9.17, 15) is 5.11 Å². The van der Waals surface area contributed by atoms with Crippen LogP contribution in [0.3, 0.4) is 0 Å². The first-order valence-electron chi connectivity index (χ1n) is 7.95. The van der Waals surface area contributed by atoms with Gasteiger partial charge in [-0.1, -0.05) is 38.1 Å². The van der Waals surface area contributed by atoms with E-state index in [0.717, 1.165) is 25.2 Å². The zero-order valence-corrected chi connectivity index (χ0v) is 13.3. The third-order valence-electron chi connectivity index (χ3n) is 4.44. The van der Waals surface area contributed by atoms with Crippen LogP contribution >= 0.6 is 0 Å². The van der Waals surface area contributed by atoms with E-state index in [2.05, 4.69) is 47.4 Å². The lowest BCUT2D eigenvalue weighted by Crippen LogP contribution is -2.43. The van der Waals surface area contributed by atoms with Crippen LogP contribution < -0.4 is 5.32 Å². The molecule has 22 heavy (non-hydrogen) atoms. The monoisotopic (exact) mass is 300 g/mol. The molecular formula is C17H24N4O. The van der Waals surface area contributed by atoms with E-state index in [1.54, 1.807) is 6.33 Å². The van der Waals surface area contributed by atoms with E-state index in [0.29, 0.717) is 12.5 Å². The maximum Gasteiger partial charge on any atom is 0.140 e. The Morgan fingerprint density at radius 2 is 2.18 bits per heavy atom. The van der Waals surface area contributed by atoms with Crippen LogP contribution in [0.5, 0.6) is 0 Å². The number of hydrogen-bond donors (Lipinski definition) is 2. The predicted octanol–water partition coefficient (Wildman–Crippen LogP) is 1.86. The lowest BCUT2D eigenvalue weighted by Gasteiger charge is -2.29. The smallest absolute Gasteiger partial charge is 0.140 e. The summed E-state index contributed by atoms with van der Waals surface area (Å²) in [7, 11) is 0. The third kappa shape index (κ3) is 2.78. The molecule has 0 saturated carbocycles. The quantitative estimate of drug-likeness (QED) is 0.855. The van der Waals surface area contributed by atoms with Crippen molar-refractivity contribution in [3.8, 4) is 0 Å². The molecule has 0 radical (unpaired) electrons. The number of aliphatic hydroxyl groups excluding tert-OH is 1. The summed E-state index contributed by atoms with van der Waals surface area (Å²) in [6.07, 6.45) is 3.52. The second-order valence-electron chi connectivity index (χ2n) is 6.50. The summed E-state index contributed by atoms with van der Waals surface area (Å²) in [5.41, 5.74) is 2.19. The fraction of sp³-hybridized carbons (Fsp3) is 0.529. The minimum absolute atomic E-state index is 0.0995. The van der Waals surface area contributed by atoms with E-state index in [-0.39, 0.29) is 12.1 Å². The Labute approximate surface area is 131 Å². The van der Waals surface area contributed by atoms with E-state index in [1.165, 1.54) is 11.1 Å². The lowest BCUT2D eigenvalue weighted by molar-refractivity contribution is 0.157. The van der Waals surface area contributed by atoms with Gasteiger partial charge in [0.2, 0.25) is 0 Å². The molecule has 3 rings (SSSR count). The maximum absolute atomic E-state index is 10.0. The number of aromatic nitrogens is 3. The van der Waals surface area contributed by atoms with E-state index in [4.69, 9.17) is 0 Å². The Kier molecular flexibility index (Phi) is 4.27. The first kappa shape index (κ1) is 15.2. The fourth-order valence-electron chi connectivity index (χ4n) is 3.26. The van der Waals surface area contributed by atoms with Gasteiger partial charge in [0.1, 0.15) is 12.2 Å². The molecule has 1 heterocycles. The summed E-state index contributed by atoms with van der Waals surface area (Å²) in [6.45, 7) is 5.91. The summed E-state index contributed by atoms with van der Waals surface area (Å²) >= 11 is 0. The topological polar surface area (TPSA) is 63.0 Å². The normalized spacial score (nSPS) is 20.5. The van der Waals surface area contributed by atoms with Crippen LogP contribution in [0.4, 0.5) is 0 Å². The summed E-state index contributed by atoms with van der Waals surface area (Å²) < 4.78 is 1.95. The SMILES string of the molecule is CC(C)Cn1ncnc1CN[C@]1(CO)CCc2ccccc21. The van der Waals surface area contributed by atoms with Gasteiger partial charge < -0.3 is 5.11 Å². The van der Waals surface area contributed by atoms with Crippen molar-refractivity contribution in [2.24, 2.45) is 5.92 Å². The van der Waals surface area contributed by atoms with Crippen molar-refractivity contribution in [2.75, 3.05) is 6.61 Å². The molecule has 1 aromatic carbocycles. The molecule has 0 saturated heterocycles. The largest absolute Gasteiger partial charge is 0.394 e. The predicted molar refractivity (Wildman–Crippen MR) is 85.2 cm³/mol. The zero-order valence-electron chi connectivity index (χ0n) is 13.3. The summed E-state index contributed by atoms with van der Waals surface area (Å²) in [6, 6.07) is 8.36. The van der Waals surface area contributed by atoms with Gasteiger partial charge in [0.25, 0.3) is 0 Å². The molecular weight excluding hydrogens is 276 g/mol. The van der Waals surface area contributed by atoms with Gasteiger partial charge in [-0.3, -0.25) is 5.32 Å².